The number of amides is 2. The Morgan fingerprint density at radius 3 is 2.18 bits per heavy atom. The van der Waals surface area contributed by atoms with Crippen LogP contribution < -0.4 is 10.6 Å². The Bertz CT molecular complexity index is 840. The maximum Gasteiger partial charge on any atom is 0.338 e. The monoisotopic (exact) mass is 404 g/mol. The Labute approximate surface area is 166 Å². The minimum atomic E-state index is -0.460. The molecule has 0 fully saturated rings. The van der Waals surface area contributed by atoms with Crippen LogP contribution >= 0.6 is 11.8 Å². The predicted octanol–water partition coefficient (Wildman–Crippen LogP) is 3.70. The number of carbonyl (C=O) groups excluding carboxylic acids is 3. The number of carbonyl (C=O) groups is 3. The molecule has 2 aromatic carbocycles. The lowest BCUT2D eigenvalue weighted by Gasteiger charge is -2.10. The van der Waals surface area contributed by atoms with Crippen molar-refractivity contribution in [3.05, 3.63) is 59.9 Å². The summed E-state index contributed by atoms with van der Waals surface area (Å²) in [5.41, 5.74) is 1.30. The summed E-state index contributed by atoms with van der Waals surface area (Å²) in [4.78, 5) is 35.8. The van der Waals surface area contributed by atoms with Gasteiger partial charge in [0.05, 0.1) is 23.2 Å². The van der Waals surface area contributed by atoms with Crippen LogP contribution in [-0.4, -0.2) is 35.4 Å². The molecule has 0 aromatic heterocycles. The largest absolute Gasteiger partial charge is 0.459 e. The molecule has 2 rings (SSSR count). The van der Waals surface area contributed by atoms with Crippen molar-refractivity contribution in [2.75, 3.05) is 22.1 Å². The van der Waals surface area contributed by atoms with Gasteiger partial charge >= 0.3 is 5.97 Å². The van der Waals surface area contributed by atoms with E-state index >= 15 is 0 Å². The maximum absolute atomic E-state index is 12.8. The minimum Gasteiger partial charge on any atom is -0.459 e. The summed E-state index contributed by atoms with van der Waals surface area (Å²) in [5.74, 6) is -1.29. The van der Waals surface area contributed by atoms with E-state index in [1.54, 1.807) is 32.0 Å². The molecule has 6 nitrogen and oxygen atoms in total. The van der Waals surface area contributed by atoms with Crippen molar-refractivity contribution in [1.82, 2.24) is 0 Å². The lowest BCUT2D eigenvalue weighted by molar-refractivity contribution is -0.114. The van der Waals surface area contributed by atoms with E-state index in [9.17, 15) is 18.8 Å². The number of ether oxygens (including phenoxy) is 1. The SMILES string of the molecule is CC(C)OC(=O)c1cccc(NC(=O)CSCC(=O)Nc2ccc(F)cc2)c1. The Kier molecular flexibility index (Phi) is 8.01. The summed E-state index contributed by atoms with van der Waals surface area (Å²) in [6, 6.07) is 11.9. The number of hydrogen-bond donors (Lipinski definition) is 2. The van der Waals surface area contributed by atoms with Gasteiger partial charge in [0.2, 0.25) is 11.8 Å². The Balaban J connectivity index is 1.77. The molecule has 0 heterocycles. The van der Waals surface area contributed by atoms with Crippen molar-refractivity contribution in [1.29, 1.82) is 0 Å². The second-order valence-electron chi connectivity index (χ2n) is 6.13. The van der Waals surface area contributed by atoms with Crippen LogP contribution in [0.15, 0.2) is 48.5 Å². The molecule has 0 radical (unpaired) electrons. The van der Waals surface area contributed by atoms with Gasteiger partial charge in [0.25, 0.3) is 0 Å². The molecule has 0 aliphatic carbocycles. The minimum absolute atomic E-state index is 0.0670. The van der Waals surface area contributed by atoms with E-state index in [1.165, 1.54) is 30.3 Å². The van der Waals surface area contributed by atoms with Gasteiger partial charge in [0, 0.05) is 11.4 Å². The van der Waals surface area contributed by atoms with Crippen LogP contribution in [0.4, 0.5) is 15.8 Å². The van der Waals surface area contributed by atoms with Gasteiger partial charge < -0.3 is 15.4 Å². The molecule has 148 valence electrons. The average Bonchev–Trinajstić information content (AvgIpc) is 2.63. The smallest absolute Gasteiger partial charge is 0.338 e. The van der Waals surface area contributed by atoms with Crippen molar-refractivity contribution in [3.63, 3.8) is 0 Å². The molecule has 8 heteroatoms. The van der Waals surface area contributed by atoms with Gasteiger partial charge in [-0.25, -0.2) is 9.18 Å². The second-order valence-corrected chi connectivity index (χ2v) is 7.12. The first kappa shape index (κ1) is 21.4. The molecule has 2 aromatic rings. The van der Waals surface area contributed by atoms with Crippen molar-refractivity contribution in [2.45, 2.75) is 20.0 Å². The number of anilines is 2. The number of esters is 1. The van der Waals surface area contributed by atoms with Gasteiger partial charge in [-0.05, 0) is 56.3 Å². The molecule has 0 saturated heterocycles. The number of rotatable bonds is 8. The van der Waals surface area contributed by atoms with Gasteiger partial charge in [0.15, 0.2) is 0 Å². The van der Waals surface area contributed by atoms with E-state index in [1.807, 2.05) is 0 Å². The van der Waals surface area contributed by atoms with E-state index in [0.717, 1.165) is 11.8 Å². The molecule has 0 aliphatic heterocycles. The fraction of sp³-hybridized carbons (Fsp3) is 0.250. The van der Waals surface area contributed by atoms with Gasteiger partial charge in [-0.2, -0.15) is 0 Å². The molecule has 0 atom stereocenters. The molecule has 0 spiro atoms. The van der Waals surface area contributed by atoms with E-state index in [4.69, 9.17) is 4.74 Å². The zero-order chi connectivity index (χ0) is 20.5. The highest BCUT2D eigenvalue weighted by Gasteiger charge is 2.11. The van der Waals surface area contributed by atoms with Crippen molar-refractivity contribution in [3.8, 4) is 0 Å². The van der Waals surface area contributed by atoms with Crippen LogP contribution in [0.1, 0.15) is 24.2 Å². The molecule has 2 N–H and O–H groups in total. The zero-order valence-corrected chi connectivity index (χ0v) is 16.3. The zero-order valence-electron chi connectivity index (χ0n) is 15.5. The van der Waals surface area contributed by atoms with E-state index in [-0.39, 0.29) is 35.2 Å². The van der Waals surface area contributed by atoms with E-state index in [2.05, 4.69) is 10.6 Å². The first-order valence-electron chi connectivity index (χ1n) is 8.57. The third kappa shape index (κ3) is 7.40. The summed E-state index contributed by atoms with van der Waals surface area (Å²) in [7, 11) is 0. The number of hydrogen-bond acceptors (Lipinski definition) is 5. The van der Waals surface area contributed by atoms with Crippen LogP contribution in [0.25, 0.3) is 0 Å². The predicted molar refractivity (Wildman–Crippen MR) is 108 cm³/mol. The van der Waals surface area contributed by atoms with Gasteiger partial charge in [-0.3, -0.25) is 9.59 Å². The Hall–Kier alpha value is -2.87. The molecule has 0 aliphatic rings. The maximum atomic E-state index is 12.8. The Morgan fingerprint density at radius 2 is 1.57 bits per heavy atom. The standard InChI is InChI=1S/C20H21FN2O4S/c1-13(2)27-20(26)14-4-3-5-17(10-14)23-19(25)12-28-11-18(24)22-16-8-6-15(21)7-9-16/h3-10,13H,11-12H2,1-2H3,(H,22,24)(H,23,25). The van der Waals surface area contributed by atoms with Gasteiger partial charge in [-0.1, -0.05) is 6.07 Å². The van der Waals surface area contributed by atoms with Crippen molar-refractivity contribution >= 4 is 40.9 Å². The van der Waals surface area contributed by atoms with Gasteiger partial charge in [0.1, 0.15) is 5.82 Å². The molecular formula is C20H21FN2O4S. The van der Waals surface area contributed by atoms with Crippen LogP contribution in [0, 0.1) is 5.82 Å². The molecule has 0 bridgehead atoms. The number of benzene rings is 2. The highest BCUT2D eigenvalue weighted by atomic mass is 32.2. The normalized spacial score (nSPS) is 10.4. The summed E-state index contributed by atoms with van der Waals surface area (Å²) in [5, 5.41) is 5.30. The fourth-order valence-electron chi connectivity index (χ4n) is 2.17. The lowest BCUT2D eigenvalue weighted by Crippen LogP contribution is -2.18. The highest BCUT2D eigenvalue weighted by Crippen LogP contribution is 2.14. The van der Waals surface area contributed by atoms with Crippen LogP contribution in [0.3, 0.4) is 0 Å². The number of halogens is 1. The molecule has 0 unspecified atom stereocenters. The fourth-order valence-corrected chi connectivity index (χ4v) is 2.79. The summed E-state index contributed by atoms with van der Waals surface area (Å²) >= 11 is 1.14. The third-order valence-corrected chi connectivity index (χ3v) is 4.25. The third-order valence-electron chi connectivity index (χ3n) is 3.32. The van der Waals surface area contributed by atoms with Crippen LogP contribution in [-0.2, 0) is 14.3 Å². The number of thioether (sulfide) groups is 1. The van der Waals surface area contributed by atoms with E-state index in [0.29, 0.717) is 16.9 Å². The second kappa shape index (κ2) is 10.5. The quantitative estimate of drug-likeness (QED) is 0.656. The summed E-state index contributed by atoms with van der Waals surface area (Å²) in [6.45, 7) is 3.51. The van der Waals surface area contributed by atoms with Gasteiger partial charge in [-0.15, -0.1) is 11.8 Å². The topological polar surface area (TPSA) is 84.5 Å². The molecular weight excluding hydrogens is 383 g/mol. The van der Waals surface area contributed by atoms with E-state index < -0.39 is 5.97 Å². The van der Waals surface area contributed by atoms with Crippen molar-refractivity contribution < 1.29 is 23.5 Å². The van der Waals surface area contributed by atoms with Crippen LogP contribution in [0.5, 0.6) is 0 Å². The summed E-state index contributed by atoms with van der Waals surface area (Å²) < 4.78 is 18.0. The lowest BCUT2D eigenvalue weighted by atomic mass is 10.2. The molecule has 0 saturated carbocycles. The molecule has 28 heavy (non-hydrogen) atoms. The number of nitrogens with one attached hydrogen (secondary N) is 2. The Morgan fingerprint density at radius 1 is 0.964 bits per heavy atom. The first-order valence-corrected chi connectivity index (χ1v) is 9.73. The van der Waals surface area contributed by atoms with Crippen LogP contribution in [0.2, 0.25) is 0 Å². The summed E-state index contributed by atoms with van der Waals surface area (Å²) in [6.07, 6.45) is -0.233. The molecule has 2 amide bonds. The highest BCUT2D eigenvalue weighted by molar-refractivity contribution is 8.00. The van der Waals surface area contributed by atoms with Crippen molar-refractivity contribution in [2.24, 2.45) is 0 Å². The average molecular weight is 404 g/mol. The first-order chi connectivity index (χ1) is 13.3.